The van der Waals surface area contributed by atoms with Crippen LogP contribution in [0.3, 0.4) is 0 Å². The minimum atomic E-state index is -0.801. The van der Waals surface area contributed by atoms with Gasteiger partial charge in [-0.15, -0.1) is 0 Å². The van der Waals surface area contributed by atoms with Gasteiger partial charge in [0.25, 0.3) is 5.91 Å². The SMILES string of the molecule is CC1(C(=O)O)CCN(C(=O)c2cc(Br)ccc2Cl)CC1. The zero-order valence-electron chi connectivity index (χ0n) is 11.0. The lowest BCUT2D eigenvalue weighted by Crippen LogP contribution is -2.45. The molecule has 4 nitrogen and oxygen atoms in total. The number of piperidine rings is 1. The molecule has 2 rings (SSSR count). The van der Waals surface area contributed by atoms with E-state index in [2.05, 4.69) is 15.9 Å². The number of aliphatic carboxylic acids is 1. The number of carboxylic acids is 1. The number of likely N-dealkylation sites (tertiary alicyclic amines) is 1. The molecule has 0 atom stereocenters. The van der Waals surface area contributed by atoms with Gasteiger partial charge in [0.05, 0.1) is 16.0 Å². The zero-order valence-corrected chi connectivity index (χ0v) is 13.4. The first kappa shape index (κ1) is 15.3. The van der Waals surface area contributed by atoms with Crippen LogP contribution in [0.15, 0.2) is 22.7 Å². The molecule has 1 aromatic rings. The number of rotatable bonds is 2. The van der Waals surface area contributed by atoms with E-state index in [4.69, 9.17) is 11.6 Å². The molecule has 0 aromatic heterocycles. The van der Waals surface area contributed by atoms with Crippen LogP contribution in [0.25, 0.3) is 0 Å². The second-order valence-corrected chi connectivity index (χ2v) is 6.61. The molecule has 20 heavy (non-hydrogen) atoms. The van der Waals surface area contributed by atoms with E-state index in [1.54, 1.807) is 30.0 Å². The van der Waals surface area contributed by atoms with Gasteiger partial charge >= 0.3 is 5.97 Å². The van der Waals surface area contributed by atoms with Crippen LogP contribution in [0.5, 0.6) is 0 Å². The van der Waals surface area contributed by atoms with Gasteiger partial charge in [0.15, 0.2) is 0 Å². The number of halogens is 2. The van der Waals surface area contributed by atoms with Crippen molar-refractivity contribution in [2.45, 2.75) is 19.8 Å². The highest BCUT2D eigenvalue weighted by Crippen LogP contribution is 2.32. The Kier molecular flexibility index (Phi) is 4.39. The first-order chi connectivity index (χ1) is 9.33. The predicted molar refractivity (Wildman–Crippen MR) is 80.0 cm³/mol. The summed E-state index contributed by atoms with van der Waals surface area (Å²) in [6.07, 6.45) is 0.916. The second kappa shape index (κ2) is 5.74. The van der Waals surface area contributed by atoms with Gasteiger partial charge in [0.2, 0.25) is 0 Å². The molecular weight excluding hydrogens is 346 g/mol. The van der Waals surface area contributed by atoms with E-state index in [0.29, 0.717) is 36.5 Å². The summed E-state index contributed by atoms with van der Waals surface area (Å²) in [4.78, 5) is 25.3. The van der Waals surface area contributed by atoms with Crippen LogP contribution in [-0.4, -0.2) is 35.0 Å². The molecule has 0 spiro atoms. The Bertz CT molecular complexity index is 553. The summed E-state index contributed by atoms with van der Waals surface area (Å²) in [6.45, 7) is 2.60. The average Bonchev–Trinajstić information content (AvgIpc) is 2.41. The van der Waals surface area contributed by atoms with Gasteiger partial charge < -0.3 is 10.0 Å². The minimum Gasteiger partial charge on any atom is -0.481 e. The number of carbonyl (C=O) groups excluding carboxylic acids is 1. The highest BCUT2D eigenvalue weighted by Gasteiger charge is 2.38. The number of hydrogen-bond acceptors (Lipinski definition) is 2. The molecule has 0 bridgehead atoms. The molecule has 1 fully saturated rings. The molecular formula is C14H15BrClNO3. The van der Waals surface area contributed by atoms with E-state index in [0.717, 1.165) is 4.47 Å². The van der Waals surface area contributed by atoms with Crippen molar-refractivity contribution in [3.8, 4) is 0 Å². The molecule has 1 aliphatic heterocycles. The van der Waals surface area contributed by atoms with Gasteiger partial charge in [-0.2, -0.15) is 0 Å². The fraction of sp³-hybridized carbons (Fsp3) is 0.429. The average molecular weight is 361 g/mol. The predicted octanol–water partition coefficient (Wildman–Crippen LogP) is 3.43. The van der Waals surface area contributed by atoms with Gasteiger partial charge in [0.1, 0.15) is 0 Å². The summed E-state index contributed by atoms with van der Waals surface area (Å²) in [7, 11) is 0. The number of amides is 1. The maximum atomic E-state index is 12.4. The van der Waals surface area contributed by atoms with Crippen LogP contribution in [0, 0.1) is 5.41 Å². The van der Waals surface area contributed by atoms with Crippen molar-refractivity contribution in [1.82, 2.24) is 4.90 Å². The normalized spacial score (nSPS) is 17.9. The lowest BCUT2D eigenvalue weighted by Gasteiger charge is -2.36. The van der Waals surface area contributed by atoms with Crippen LogP contribution in [-0.2, 0) is 4.79 Å². The fourth-order valence-electron chi connectivity index (χ4n) is 2.25. The number of benzene rings is 1. The Morgan fingerprint density at radius 1 is 1.35 bits per heavy atom. The Hall–Kier alpha value is -1.07. The first-order valence-corrected chi connectivity index (χ1v) is 7.48. The topological polar surface area (TPSA) is 57.6 Å². The third kappa shape index (κ3) is 2.99. The monoisotopic (exact) mass is 359 g/mol. The molecule has 1 saturated heterocycles. The van der Waals surface area contributed by atoms with E-state index in [1.165, 1.54) is 0 Å². The van der Waals surface area contributed by atoms with Gasteiger partial charge in [-0.3, -0.25) is 9.59 Å². The third-order valence-electron chi connectivity index (χ3n) is 3.83. The van der Waals surface area contributed by atoms with E-state index in [9.17, 15) is 14.7 Å². The summed E-state index contributed by atoms with van der Waals surface area (Å²) in [6, 6.07) is 5.14. The Morgan fingerprint density at radius 2 is 1.95 bits per heavy atom. The summed E-state index contributed by atoms with van der Waals surface area (Å²) in [5.41, 5.74) is -0.294. The third-order valence-corrected chi connectivity index (χ3v) is 4.65. The van der Waals surface area contributed by atoms with Gasteiger partial charge in [-0.1, -0.05) is 27.5 Å². The number of nitrogens with zero attached hydrogens (tertiary/aromatic N) is 1. The molecule has 0 radical (unpaired) electrons. The van der Waals surface area contributed by atoms with Crippen LogP contribution < -0.4 is 0 Å². The maximum absolute atomic E-state index is 12.4. The van der Waals surface area contributed by atoms with Crippen LogP contribution in [0.2, 0.25) is 5.02 Å². The van der Waals surface area contributed by atoms with Crippen molar-refractivity contribution in [3.63, 3.8) is 0 Å². The van der Waals surface area contributed by atoms with Crippen molar-refractivity contribution in [2.24, 2.45) is 5.41 Å². The van der Waals surface area contributed by atoms with E-state index >= 15 is 0 Å². The lowest BCUT2D eigenvalue weighted by molar-refractivity contribution is -0.150. The quantitative estimate of drug-likeness (QED) is 0.879. The minimum absolute atomic E-state index is 0.149. The van der Waals surface area contributed by atoms with E-state index < -0.39 is 11.4 Å². The zero-order chi connectivity index (χ0) is 14.9. The summed E-state index contributed by atoms with van der Waals surface area (Å²) >= 11 is 9.37. The van der Waals surface area contributed by atoms with E-state index in [-0.39, 0.29) is 5.91 Å². The molecule has 1 aliphatic rings. The molecule has 0 saturated carbocycles. The van der Waals surface area contributed by atoms with Gasteiger partial charge in [-0.25, -0.2) is 0 Å². The van der Waals surface area contributed by atoms with Crippen molar-refractivity contribution in [2.75, 3.05) is 13.1 Å². The largest absolute Gasteiger partial charge is 0.481 e. The van der Waals surface area contributed by atoms with Crippen molar-refractivity contribution >= 4 is 39.4 Å². The number of hydrogen-bond donors (Lipinski definition) is 1. The Balaban J connectivity index is 2.13. The van der Waals surface area contributed by atoms with Gasteiger partial charge in [-0.05, 0) is 38.0 Å². The molecule has 1 N–H and O–H groups in total. The second-order valence-electron chi connectivity index (χ2n) is 5.28. The van der Waals surface area contributed by atoms with Crippen molar-refractivity contribution in [3.05, 3.63) is 33.3 Å². The molecule has 1 aromatic carbocycles. The lowest BCUT2D eigenvalue weighted by atomic mass is 9.80. The molecule has 1 amide bonds. The highest BCUT2D eigenvalue weighted by molar-refractivity contribution is 9.10. The molecule has 0 aliphatic carbocycles. The van der Waals surface area contributed by atoms with Crippen molar-refractivity contribution in [1.29, 1.82) is 0 Å². The van der Waals surface area contributed by atoms with Gasteiger partial charge in [0, 0.05) is 17.6 Å². The molecule has 6 heteroatoms. The fourth-order valence-corrected chi connectivity index (χ4v) is 2.81. The molecule has 108 valence electrons. The summed E-state index contributed by atoms with van der Waals surface area (Å²) in [5, 5.41) is 9.60. The van der Waals surface area contributed by atoms with Crippen molar-refractivity contribution < 1.29 is 14.7 Å². The smallest absolute Gasteiger partial charge is 0.309 e. The van der Waals surface area contributed by atoms with Crippen LogP contribution >= 0.6 is 27.5 Å². The molecule has 0 unspecified atom stereocenters. The number of carbonyl (C=O) groups is 2. The highest BCUT2D eigenvalue weighted by atomic mass is 79.9. The summed E-state index contributed by atoms with van der Waals surface area (Å²) < 4.78 is 0.789. The van der Waals surface area contributed by atoms with E-state index in [1.807, 2.05) is 0 Å². The molecule has 1 heterocycles. The summed E-state index contributed by atoms with van der Waals surface area (Å²) in [5.74, 6) is -0.950. The Morgan fingerprint density at radius 3 is 2.50 bits per heavy atom. The number of carboxylic acid groups (broad SMARTS) is 1. The standard InChI is InChI=1S/C14H15BrClNO3/c1-14(13(19)20)4-6-17(7-5-14)12(18)10-8-9(15)2-3-11(10)16/h2-3,8H,4-7H2,1H3,(H,19,20). The maximum Gasteiger partial charge on any atom is 0.309 e. The first-order valence-electron chi connectivity index (χ1n) is 6.31. The van der Waals surface area contributed by atoms with Crippen LogP contribution in [0.4, 0.5) is 0 Å². The Labute approximate surface area is 130 Å². The van der Waals surface area contributed by atoms with Crippen LogP contribution in [0.1, 0.15) is 30.1 Å².